The van der Waals surface area contributed by atoms with Gasteiger partial charge in [0.1, 0.15) is 12.4 Å². The molecule has 0 heterocycles. The van der Waals surface area contributed by atoms with Crippen molar-refractivity contribution in [3.05, 3.63) is 64.7 Å². The Hall–Kier alpha value is -2.09. The molecular formula is C29H36O2. The van der Waals surface area contributed by atoms with Gasteiger partial charge in [-0.05, 0) is 97.4 Å². The lowest BCUT2D eigenvalue weighted by Gasteiger charge is -2.52. The van der Waals surface area contributed by atoms with E-state index >= 15 is 0 Å². The minimum atomic E-state index is 0.114. The van der Waals surface area contributed by atoms with E-state index in [9.17, 15) is 4.79 Å². The second-order valence-electron chi connectivity index (χ2n) is 10.6. The van der Waals surface area contributed by atoms with Gasteiger partial charge in [-0.2, -0.15) is 0 Å². The van der Waals surface area contributed by atoms with Crippen molar-refractivity contribution in [3.8, 4) is 5.75 Å². The van der Waals surface area contributed by atoms with Crippen LogP contribution < -0.4 is 4.74 Å². The molecule has 2 saturated carbocycles. The molecule has 0 bridgehead atoms. The number of aryl methyl sites for hydroxylation is 1. The summed E-state index contributed by atoms with van der Waals surface area (Å²) in [5.41, 5.74) is 5.32. The van der Waals surface area contributed by atoms with Gasteiger partial charge in [-0.15, -0.1) is 0 Å². The highest BCUT2D eigenvalue weighted by molar-refractivity contribution is 5.97. The zero-order valence-electron chi connectivity index (χ0n) is 19.2. The maximum absolute atomic E-state index is 12.6. The molecule has 2 nitrogen and oxygen atoms in total. The van der Waals surface area contributed by atoms with E-state index in [2.05, 4.69) is 31.2 Å². The molecule has 0 spiro atoms. The summed E-state index contributed by atoms with van der Waals surface area (Å²) in [7, 11) is 0. The van der Waals surface area contributed by atoms with Crippen molar-refractivity contribution in [2.75, 3.05) is 0 Å². The normalized spacial score (nSPS) is 29.8. The second-order valence-corrected chi connectivity index (χ2v) is 10.6. The third-order valence-corrected chi connectivity index (χ3v) is 8.72. The number of carbonyl (C=O) groups excluding carboxylic acids is 1. The van der Waals surface area contributed by atoms with Crippen molar-refractivity contribution in [2.45, 2.75) is 84.2 Å². The number of benzene rings is 2. The van der Waals surface area contributed by atoms with Gasteiger partial charge in [0.05, 0.1) is 5.56 Å². The quantitative estimate of drug-likeness (QED) is 0.482. The predicted molar refractivity (Wildman–Crippen MR) is 126 cm³/mol. The monoisotopic (exact) mass is 416 g/mol. The van der Waals surface area contributed by atoms with Crippen LogP contribution in [0, 0.1) is 17.3 Å². The summed E-state index contributed by atoms with van der Waals surface area (Å²) in [6.45, 7) is 4.77. The molecule has 2 aromatic carbocycles. The maximum atomic E-state index is 12.6. The summed E-state index contributed by atoms with van der Waals surface area (Å²) in [5.74, 6) is 3.16. The van der Waals surface area contributed by atoms with E-state index in [1.807, 2.05) is 18.2 Å². The Labute approximate surface area is 187 Å². The summed E-state index contributed by atoms with van der Waals surface area (Å²) in [5, 5.41) is 0. The second kappa shape index (κ2) is 8.45. The topological polar surface area (TPSA) is 26.3 Å². The molecule has 0 aliphatic heterocycles. The zero-order chi connectivity index (χ0) is 21.4. The van der Waals surface area contributed by atoms with Crippen LogP contribution in [-0.4, -0.2) is 5.78 Å². The smallest absolute Gasteiger partial charge is 0.163 e. The molecule has 0 aromatic heterocycles. The average molecular weight is 417 g/mol. The number of ketones is 1. The number of Topliss-reactive ketones (excluding diaryl/α,β-unsaturated/α-hetero) is 1. The first-order valence-electron chi connectivity index (χ1n) is 12.4. The zero-order valence-corrected chi connectivity index (χ0v) is 19.2. The molecule has 0 saturated heterocycles. The van der Waals surface area contributed by atoms with Gasteiger partial charge in [-0.3, -0.25) is 4.79 Å². The SMILES string of the molecule is CC(=O)c1cc2c(cc1OCc1ccccc1)CCC1C2CC[C@]2(C)CCCCCC12. The fourth-order valence-electron chi connectivity index (χ4n) is 7.07. The average Bonchev–Trinajstić information content (AvgIpc) is 2.98. The van der Waals surface area contributed by atoms with Crippen LogP contribution >= 0.6 is 0 Å². The van der Waals surface area contributed by atoms with Gasteiger partial charge in [-0.25, -0.2) is 0 Å². The molecule has 2 aromatic rings. The first-order valence-corrected chi connectivity index (χ1v) is 12.4. The van der Waals surface area contributed by atoms with E-state index in [0.717, 1.165) is 35.1 Å². The fourth-order valence-corrected chi connectivity index (χ4v) is 7.07. The molecule has 2 heteroatoms. The number of hydrogen-bond donors (Lipinski definition) is 0. The minimum Gasteiger partial charge on any atom is -0.488 e. The molecule has 2 fully saturated rings. The van der Waals surface area contributed by atoms with Crippen molar-refractivity contribution >= 4 is 5.78 Å². The Morgan fingerprint density at radius 1 is 1.03 bits per heavy atom. The molecular weight excluding hydrogens is 380 g/mol. The molecule has 3 aliphatic carbocycles. The van der Waals surface area contributed by atoms with E-state index in [1.54, 1.807) is 6.92 Å². The largest absolute Gasteiger partial charge is 0.488 e. The molecule has 4 atom stereocenters. The Morgan fingerprint density at radius 2 is 1.87 bits per heavy atom. The third kappa shape index (κ3) is 3.95. The first-order chi connectivity index (χ1) is 15.0. The molecule has 3 aliphatic rings. The Balaban J connectivity index is 1.45. The highest BCUT2D eigenvalue weighted by atomic mass is 16.5. The predicted octanol–water partition coefficient (Wildman–Crippen LogP) is 7.49. The highest BCUT2D eigenvalue weighted by Crippen LogP contribution is 2.59. The highest BCUT2D eigenvalue weighted by Gasteiger charge is 2.48. The van der Waals surface area contributed by atoms with Crippen LogP contribution in [0.2, 0.25) is 0 Å². The molecule has 5 rings (SSSR count). The van der Waals surface area contributed by atoms with Gasteiger partial charge in [0.15, 0.2) is 5.78 Å². The van der Waals surface area contributed by atoms with Crippen molar-refractivity contribution in [1.29, 1.82) is 0 Å². The van der Waals surface area contributed by atoms with E-state index in [4.69, 9.17) is 4.74 Å². The number of carbonyl (C=O) groups is 1. The molecule has 164 valence electrons. The van der Waals surface area contributed by atoms with Crippen LogP contribution in [-0.2, 0) is 13.0 Å². The van der Waals surface area contributed by atoms with Gasteiger partial charge in [-0.1, -0.05) is 56.5 Å². The van der Waals surface area contributed by atoms with E-state index in [-0.39, 0.29) is 5.78 Å². The minimum absolute atomic E-state index is 0.114. The summed E-state index contributed by atoms with van der Waals surface area (Å²) in [6, 6.07) is 14.6. The van der Waals surface area contributed by atoms with Crippen LogP contribution in [0.1, 0.15) is 98.2 Å². The Kier molecular flexibility index (Phi) is 5.67. The lowest BCUT2D eigenvalue weighted by molar-refractivity contribution is 0.0255. The van der Waals surface area contributed by atoms with Crippen molar-refractivity contribution in [3.63, 3.8) is 0 Å². The molecule has 3 unspecified atom stereocenters. The van der Waals surface area contributed by atoms with E-state index < -0.39 is 0 Å². The molecule has 0 radical (unpaired) electrons. The van der Waals surface area contributed by atoms with Crippen molar-refractivity contribution in [2.24, 2.45) is 17.3 Å². The molecule has 31 heavy (non-hydrogen) atoms. The van der Waals surface area contributed by atoms with Gasteiger partial charge in [0, 0.05) is 0 Å². The van der Waals surface area contributed by atoms with Gasteiger partial charge in [0.2, 0.25) is 0 Å². The summed E-state index contributed by atoms with van der Waals surface area (Å²) < 4.78 is 6.18. The number of rotatable bonds is 4. The number of ether oxygens (including phenoxy) is 1. The first kappa shape index (κ1) is 20.8. The Bertz CT molecular complexity index is 947. The fraction of sp³-hybridized carbons (Fsp3) is 0.552. The maximum Gasteiger partial charge on any atom is 0.163 e. The van der Waals surface area contributed by atoms with Crippen molar-refractivity contribution < 1.29 is 9.53 Å². The van der Waals surface area contributed by atoms with E-state index in [1.165, 1.54) is 62.5 Å². The van der Waals surface area contributed by atoms with Gasteiger partial charge < -0.3 is 4.74 Å². The summed E-state index contributed by atoms with van der Waals surface area (Å²) in [4.78, 5) is 12.6. The van der Waals surface area contributed by atoms with Crippen LogP contribution in [0.4, 0.5) is 0 Å². The lowest BCUT2D eigenvalue weighted by Crippen LogP contribution is -2.42. The van der Waals surface area contributed by atoms with Crippen LogP contribution in [0.3, 0.4) is 0 Å². The number of hydrogen-bond acceptors (Lipinski definition) is 2. The lowest BCUT2D eigenvalue weighted by atomic mass is 9.53. The van der Waals surface area contributed by atoms with E-state index in [0.29, 0.717) is 17.9 Å². The van der Waals surface area contributed by atoms with Gasteiger partial charge in [0.25, 0.3) is 0 Å². The molecule has 0 N–H and O–H groups in total. The van der Waals surface area contributed by atoms with Crippen LogP contribution in [0.25, 0.3) is 0 Å². The Morgan fingerprint density at radius 3 is 2.68 bits per heavy atom. The van der Waals surface area contributed by atoms with Crippen molar-refractivity contribution in [1.82, 2.24) is 0 Å². The van der Waals surface area contributed by atoms with Crippen LogP contribution in [0.15, 0.2) is 42.5 Å². The van der Waals surface area contributed by atoms with Gasteiger partial charge >= 0.3 is 0 Å². The summed E-state index contributed by atoms with van der Waals surface area (Å²) in [6.07, 6.45) is 12.1. The van der Waals surface area contributed by atoms with Crippen LogP contribution in [0.5, 0.6) is 5.75 Å². The third-order valence-electron chi connectivity index (χ3n) is 8.72. The summed E-state index contributed by atoms with van der Waals surface area (Å²) >= 11 is 0. The standard InChI is InChI=1S/C29H36O2/c1-20(30)25-18-26-22(17-28(25)31-19-21-9-5-3-6-10-21)12-13-24-23(26)14-16-29(2)15-8-4-7-11-27(24)29/h3,5-6,9-10,17-18,23-24,27H,4,7-8,11-16,19H2,1-2H3/t23?,24?,27?,29-/m0/s1. The number of fused-ring (bicyclic) bond motifs is 5. The molecule has 0 amide bonds.